The minimum Gasteiger partial charge on any atom is -0.345 e. The van der Waals surface area contributed by atoms with Gasteiger partial charge in [0.25, 0.3) is 0 Å². The summed E-state index contributed by atoms with van der Waals surface area (Å²) in [6.45, 7) is 3.29. The molecule has 0 atom stereocenters. The SMILES string of the molecule is O=C(C1CCNCC1)N1CCN(S(=O)(=O)c2c[nH]c3ncccc23)CC1. The van der Waals surface area contributed by atoms with Crippen LogP contribution in [0.5, 0.6) is 0 Å². The Kier molecular flexibility index (Phi) is 4.68. The number of H-pyrrole nitrogens is 1. The van der Waals surface area contributed by atoms with E-state index in [2.05, 4.69) is 15.3 Å². The number of fused-ring (bicyclic) bond motifs is 1. The van der Waals surface area contributed by atoms with E-state index in [1.807, 2.05) is 4.90 Å². The summed E-state index contributed by atoms with van der Waals surface area (Å²) in [4.78, 5) is 21.8. The van der Waals surface area contributed by atoms with E-state index in [0.29, 0.717) is 37.2 Å². The number of piperidine rings is 1. The van der Waals surface area contributed by atoms with E-state index in [4.69, 9.17) is 0 Å². The minimum absolute atomic E-state index is 0.0686. The Morgan fingerprint density at radius 1 is 1.15 bits per heavy atom. The Bertz CT molecular complexity index is 896. The number of piperazine rings is 1. The van der Waals surface area contributed by atoms with Crippen molar-refractivity contribution in [2.75, 3.05) is 39.3 Å². The Morgan fingerprint density at radius 3 is 2.62 bits per heavy atom. The maximum absolute atomic E-state index is 13.0. The summed E-state index contributed by atoms with van der Waals surface area (Å²) in [5.41, 5.74) is 0.561. The van der Waals surface area contributed by atoms with Crippen LogP contribution in [0.3, 0.4) is 0 Å². The number of hydrogen-bond acceptors (Lipinski definition) is 5. The third kappa shape index (κ3) is 3.10. The van der Waals surface area contributed by atoms with E-state index in [0.717, 1.165) is 25.9 Å². The molecular weight excluding hydrogens is 354 g/mol. The van der Waals surface area contributed by atoms with Gasteiger partial charge in [0, 0.05) is 49.9 Å². The van der Waals surface area contributed by atoms with Gasteiger partial charge in [-0.05, 0) is 38.1 Å². The molecule has 2 N–H and O–H groups in total. The van der Waals surface area contributed by atoms with E-state index in [9.17, 15) is 13.2 Å². The van der Waals surface area contributed by atoms with E-state index >= 15 is 0 Å². The van der Waals surface area contributed by atoms with Gasteiger partial charge in [-0.1, -0.05) is 0 Å². The number of sulfonamides is 1. The lowest BCUT2D eigenvalue weighted by Gasteiger charge is -2.36. The number of aromatic amines is 1. The highest BCUT2D eigenvalue weighted by atomic mass is 32.2. The lowest BCUT2D eigenvalue weighted by atomic mass is 9.96. The Hall–Kier alpha value is -1.97. The van der Waals surface area contributed by atoms with Crippen LogP contribution in [-0.4, -0.2) is 72.8 Å². The molecule has 9 heteroatoms. The summed E-state index contributed by atoms with van der Waals surface area (Å²) < 4.78 is 27.5. The summed E-state index contributed by atoms with van der Waals surface area (Å²) in [7, 11) is -3.61. The first-order valence-electron chi connectivity index (χ1n) is 8.99. The zero-order chi connectivity index (χ0) is 18.1. The van der Waals surface area contributed by atoms with Crippen molar-refractivity contribution in [2.45, 2.75) is 17.7 Å². The molecule has 0 bridgehead atoms. The number of carbonyl (C=O) groups is 1. The van der Waals surface area contributed by atoms with Gasteiger partial charge < -0.3 is 15.2 Å². The molecule has 140 valence electrons. The van der Waals surface area contributed by atoms with Crippen molar-refractivity contribution in [3.05, 3.63) is 24.5 Å². The van der Waals surface area contributed by atoms with Gasteiger partial charge in [0.05, 0.1) is 0 Å². The lowest BCUT2D eigenvalue weighted by molar-refractivity contribution is -0.137. The van der Waals surface area contributed by atoms with Crippen molar-refractivity contribution >= 4 is 27.0 Å². The summed E-state index contributed by atoms with van der Waals surface area (Å²) in [5.74, 6) is 0.235. The third-order valence-corrected chi connectivity index (χ3v) is 7.21. The van der Waals surface area contributed by atoms with Gasteiger partial charge in [0.1, 0.15) is 10.5 Å². The third-order valence-electron chi connectivity index (χ3n) is 5.27. The molecule has 0 unspecified atom stereocenters. The van der Waals surface area contributed by atoms with Crippen molar-refractivity contribution in [1.82, 2.24) is 24.5 Å². The molecule has 2 aliphatic heterocycles. The average Bonchev–Trinajstić information content (AvgIpc) is 3.13. The van der Waals surface area contributed by atoms with Crippen LogP contribution in [0.4, 0.5) is 0 Å². The Morgan fingerprint density at radius 2 is 1.88 bits per heavy atom. The summed E-state index contributed by atoms with van der Waals surface area (Å²) in [6, 6.07) is 3.48. The maximum Gasteiger partial charge on any atom is 0.245 e. The molecule has 4 rings (SSSR count). The number of rotatable bonds is 3. The number of pyridine rings is 1. The van der Waals surface area contributed by atoms with Gasteiger partial charge in [-0.3, -0.25) is 4.79 Å². The molecule has 0 aliphatic carbocycles. The lowest BCUT2D eigenvalue weighted by Crippen LogP contribution is -2.52. The van der Waals surface area contributed by atoms with Gasteiger partial charge in [0.2, 0.25) is 15.9 Å². The second-order valence-corrected chi connectivity index (χ2v) is 8.71. The topological polar surface area (TPSA) is 98.4 Å². The van der Waals surface area contributed by atoms with E-state index in [-0.39, 0.29) is 16.7 Å². The molecule has 8 nitrogen and oxygen atoms in total. The van der Waals surface area contributed by atoms with Gasteiger partial charge in [-0.15, -0.1) is 0 Å². The molecule has 26 heavy (non-hydrogen) atoms. The van der Waals surface area contributed by atoms with E-state index in [1.165, 1.54) is 10.5 Å². The fourth-order valence-corrected chi connectivity index (χ4v) is 5.33. The van der Waals surface area contributed by atoms with Crippen molar-refractivity contribution in [1.29, 1.82) is 0 Å². The number of hydrogen-bond donors (Lipinski definition) is 2. The predicted octanol–water partition coefficient (Wildman–Crippen LogP) is 0.395. The zero-order valence-corrected chi connectivity index (χ0v) is 15.3. The molecule has 0 aromatic carbocycles. The predicted molar refractivity (Wildman–Crippen MR) is 97.0 cm³/mol. The first-order valence-corrected chi connectivity index (χ1v) is 10.4. The standard InChI is InChI=1S/C17H23N5O3S/c23-17(13-3-6-18-7-4-13)21-8-10-22(11-9-21)26(24,25)15-12-20-16-14(15)2-1-5-19-16/h1-2,5,12-13,18H,3-4,6-11H2,(H,19,20). The Labute approximate surface area is 152 Å². The molecule has 2 aromatic rings. The van der Waals surface area contributed by atoms with Crippen molar-refractivity contribution < 1.29 is 13.2 Å². The van der Waals surface area contributed by atoms with Crippen LogP contribution in [0.15, 0.2) is 29.4 Å². The van der Waals surface area contributed by atoms with Crippen molar-refractivity contribution in [3.8, 4) is 0 Å². The van der Waals surface area contributed by atoms with Crippen LogP contribution in [0.2, 0.25) is 0 Å². The molecule has 0 saturated carbocycles. The van der Waals surface area contributed by atoms with Gasteiger partial charge >= 0.3 is 0 Å². The van der Waals surface area contributed by atoms with Crippen LogP contribution >= 0.6 is 0 Å². The van der Waals surface area contributed by atoms with E-state index in [1.54, 1.807) is 18.3 Å². The largest absolute Gasteiger partial charge is 0.345 e. The summed E-state index contributed by atoms with van der Waals surface area (Å²) in [5, 5.41) is 3.86. The maximum atomic E-state index is 13.0. The first-order chi connectivity index (χ1) is 12.6. The molecule has 1 amide bonds. The van der Waals surface area contributed by atoms with Crippen LogP contribution < -0.4 is 5.32 Å². The van der Waals surface area contributed by atoms with Gasteiger partial charge in [-0.25, -0.2) is 13.4 Å². The van der Waals surface area contributed by atoms with Crippen molar-refractivity contribution in [2.24, 2.45) is 5.92 Å². The number of aromatic nitrogens is 2. The van der Waals surface area contributed by atoms with Crippen molar-refractivity contribution in [3.63, 3.8) is 0 Å². The quantitative estimate of drug-likeness (QED) is 0.807. The second kappa shape index (κ2) is 6.98. The number of nitrogens with one attached hydrogen (secondary N) is 2. The molecule has 2 aromatic heterocycles. The molecule has 2 aliphatic rings. The molecular formula is C17H23N5O3S. The van der Waals surface area contributed by atoms with Crippen LogP contribution in [-0.2, 0) is 14.8 Å². The zero-order valence-electron chi connectivity index (χ0n) is 14.5. The fourth-order valence-electron chi connectivity index (χ4n) is 3.76. The van der Waals surface area contributed by atoms with Gasteiger partial charge in [0.15, 0.2) is 0 Å². The number of carbonyl (C=O) groups excluding carboxylic acids is 1. The average molecular weight is 377 g/mol. The van der Waals surface area contributed by atoms with Crippen LogP contribution in [0.25, 0.3) is 11.0 Å². The number of nitrogens with zero attached hydrogens (tertiary/aromatic N) is 3. The smallest absolute Gasteiger partial charge is 0.245 e. The number of amides is 1. The van der Waals surface area contributed by atoms with E-state index < -0.39 is 10.0 Å². The highest BCUT2D eigenvalue weighted by Crippen LogP contribution is 2.25. The Balaban J connectivity index is 1.46. The molecule has 2 saturated heterocycles. The molecule has 2 fully saturated rings. The molecule has 0 radical (unpaired) electrons. The van der Waals surface area contributed by atoms with Gasteiger partial charge in [-0.2, -0.15) is 4.31 Å². The highest BCUT2D eigenvalue weighted by molar-refractivity contribution is 7.89. The monoisotopic (exact) mass is 377 g/mol. The minimum atomic E-state index is -3.61. The fraction of sp³-hybridized carbons (Fsp3) is 0.529. The molecule has 0 spiro atoms. The normalized spacial score (nSPS) is 20.5. The highest BCUT2D eigenvalue weighted by Gasteiger charge is 2.34. The van der Waals surface area contributed by atoms with Crippen LogP contribution in [0, 0.1) is 5.92 Å². The summed E-state index contributed by atoms with van der Waals surface area (Å²) in [6.07, 6.45) is 4.85. The second-order valence-electron chi connectivity index (χ2n) is 6.81. The summed E-state index contributed by atoms with van der Waals surface area (Å²) >= 11 is 0. The molecule has 4 heterocycles. The van der Waals surface area contributed by atoms with Crippen LogP contribution in [0.1, 0.15) is 12.8 Å². The first kappa shape index (κ1) is 17.4.